The number of rotatable bonds is 9. The van der Waals surface area contributed by atoms with E-state index in [1.165, 1.54) is 31.2 Å². The molecule has 0 aliphatic carbocycles. The number of hydrogen-bond acceptors (Lipinski definition) is 13. The standard InChI is InChI=1S/C24H24N6O8S/c1-33-15-4-3-5-16(34-2)19(15)14-10-17(38-22(32)20(14)37-12-13-11-35-8-9-36-13)21(31)27-23-28-29-24(39-23)30-18(25)6-7-26-30/h3-7,10,13H,8-9,11-12,25H2,1-2H3,(H,27,28,31). The van der Waals surface area contributed by atoms with Crippen molar-refractivity contribution in [2.75, 3.05) is 51.7 Å². The molecular formula is C24H24N6O8S. The topological polar surface area (TPSA) is 175 Å². The van der Waals surface area contributed by atoms with Gasteiger partial charge in [0.1, 0.15) is 30.0 Å². The van der Waals surface area contributed by atoms with Crippen LogP contribution in [-0.4, -0.2) is 72.6 Å². The van der Waals surface area contributed by atoms with Gasteiger partial charge < -0.3 is 33.8 Å². The molecule has 204 valence electrons. The van der Waals surface area contributed by atoms with Crippen LogP contribution in [0.15, 0.2) is 45.7 Å². The Balaban J connectivity index is 1.50. The van der Waals surface area contributed by atoms with Gasteiger partial charge in [-0.05, 0) is 18.2 Å². The number of ether oxygens (including phenoxy) is 5. The molecule has 0 radical (unpaired) electrons. The van der Waals surface area contributed by atoms with Gasteiger partial charge in [-0.1, -0.05) is 17.4 Å². The lowest BCUT2D eigenvalue weighted by atomic mass is 10.0. The quantitative estimate of drug-likeness (QED) is 0.307. The van der Waals surface area contributed by atoms with Gasteiger partial charge in [-0.2, -0.15) is 9.78 Å². The lowest BCUT2D eigenvalue weighted by molar-refractivity contribution is -0.101. The predicted octanol–water partition coefficient (Wildman–Crippen LogP) is 1.99. The van der Waals surface area contributed by atoms with Crippen LogP contribution in [0.3, 0.4) is 0 Å². The number of nitrogens with zero attached hydrogens (tertiary/aromatic N) is 4. The van der Waals surface area contributed by atoms with Crippen LogP contribution < -0.4 is 30.9 Å². The van der Waals surface area contributed by atoms with Crippen molar-refractivity contribution in [3.63, 3.8) is 0 Å². The zero-order chi connectivity index (χ0) is 27.4. The number of aromatic nitrogens is 4. The summed E-state index contributed by atoms with van der Waals surface area (Å²) in [6, 6.07) is 8.08. The number of benzene rings is 1. The molecule has 1 amide bonds. The Bertz CT molecular complexity index is 1500. The highest BCUT2D eigenvalue weighted by atomic mass is 32.1. The molecule has 14 nitrogen and oxygen atoms in total. The number of hydrogen-bond donors (Lipinski definition) is 2. The first-order chi connectivity index (χ1) is 19.0. The second-order valence-corrected chi connectivity index (χ2v) is 9.02. The molecule has 1 aliphatic rings. The van der Waals surface area contributed by atoms with Crippen molar-refractivity contribution in [1.29, 1.82) is 0 Å². The monoisotopic (exact) mass is 556 g/mol. The van der Waals surface area contributed by atoms with Gasteiger partial charge in [0.15, 0.2) is 5.76 Å². The van der Waals surface area contributed by atoms with E-state index in [2.05, 4.69) is 20.6 Å². The van der Waals surface area contributed by atoms with E-state index in [0.29, 0.717) is 47.8 Å². The molecule has 1 saturated heterocycles. The minimum Gasteiger partial charge on any atom is -0.496 e. The van der Waals surface area contributed by atoms with Crippen LogP contribution in [-0.2, 0) is 9.47 Å². The summed E-state index contributed by atoms with van der Waals surface area (Å²) in [4.78, 5) is 26.3. The third-order valence-corrected chi connectivity index (χ3v) is 6.43. The number of nitrogen functional groups attached to an aromatic ring is 1. The Labute approximate surface area is 225 Å². The molecule has 3 N–H and O–H groups in total. The van der Waals surface area contributed by atoms with Crippen molar-refractivity contribution in [2.24, 2.45) is 0 Å². The highest BCUT2D eigenvalue weighted by Crippen LogP contribution is 2.42. The van der Waals surface area contributed by atoms with Crippen LogP contribution in [0, 0.1) is 0 Å². The largest absolute Gasteiger partial charge is 0.496 e. The van der Waals surface area contributed by atoms with E-state index in [1.54, 1.807) is 24.3 Å². The zero-order valence-corrected chi connectivity index (χ0v) is 21.7. The van der Waals surface area contributed by atoms with Crippen LogP contribution in [0.5, 0.6) is 17.2 Å². The molecule has 0 bridgehead atoms. The number of nitrogens with two attached hydrogens (primary N) is 1. The van der Waals surface area contributed by atoms with Crippen LogP contribution in [0.25, 0.3) is 16.3 Å². The second-order valence-electron chi connectivity index (χ2n) is 8.07. The number of amides is 1. The summed E-state index contributed by atoms with van der Waals surface area (Å²) in [5, 5.41) is 15.0. The number of carbonyl (C=O) groups is 1. The van der Waals surface area contributed by atoms with Crippen LogP contribution in [0.2, 0.25) is 0 Å². The second kappa shape index (κ2) is 11.5. The average Bonchev–Trinajstić information content (AvgIpc) is 3.60. The summed E-state index contributed by atoms with van der Waals surface area (Å²) < 4.78 is 34.7. The van der Waals surface area contributed by atoms with Crippen molar-refractivity contribution >= 4 is 28.2 Å². The van der Waals surface area contributed by atoms with Gasteiger partial charge in [0.05, 0.1) is 45.8 Å². The van der Waals surface area contributed by atoms with Crippen LogP contribution >= 0.6 is 11.3 Å². The Kier molecular flexibility index (Phi) is 7.72. The molecule has 4 aromatic rings. The van der Waals surface area contributed by atoms with Crippen molar-refractivity contribution < 1.29 is 32.9 Å². The normalized spacial score (nSPS) is 15.1. The van der Waals surface area contributed by atoms with E-state index >= 15 is 0 Å². The van der Waals surface area contributed by atoms with Gasteiger partial charge in [0.2, 0.25) is 16.0 Å². The first-order valence-corrected chi connectivity index (χ1v) is 12.5. The van der Waals surface area contributed by atoms with Gasteiger partial charge in [-0.15, -0.1) is 10.2 Å². The van der Waals surface area contributed by atoms with Gasteiger partial charge in [0, 0.05) is 11.6 Å². The highest BCUT2D eigenvalue weighted by molar-refractivity contribution is 7.17. The summed E-state index contributed by atoms with van der Waals surface area (Å²) in [5.74, 6) is -0.0584. The summed E-state index contributed by atoms with van der Waals surface area (Å²) in [6.07, 6.45) is 1.12. The Hall–Kier alpha value is -4.47. The first-order valence-electron chi connectivity index (χ1n) is 11.6. The summed E-state index contributed by atoms with van der Waals surface area (Å²) in [6.45, 7) is 1.23. The zero-order valence-electron chi connectivity index (χ0n) is 20.9. The van der Waals surface area contributed by atoms with Gasteiger partial charge in [0.25, 0.3) is 5.91 Å². The Morgan fingerprint density at radius 2 is 2.00 bits per heavy atom. The first kappa shape index (κ1) is 26.1. The van der Waals surface area contributed by atoms with Crippen LogP contribution in [0.1, 0.15) is 10.6 Å². The number of anilines is 2. The van der Waals surface area contributed by atoms with Crippen molar-refractivity contribution in [3.8, 4) is 33.5 Å². The third kappa shape index (κ3) is 5.55. The van der Waals surface area contributed by atoms with E-state index in [4.69, 9.17) is 33.8 Å². The van der Waals surface area contributed by atoms with Gasteiger partial charge >= 0.3 is 5.63 Å². The fourth-order valence-electron chi connectivity index (χ4n) is 3.83. The molecule has 4 heterocycles. The van der Waals surface area contributed by atoms with Gasteiger partial charge in [-0.25, -0.2) is 4.79 Å². The summed E-state index contributed by atoms with van der Waals surface area (Å²) in [5.41, 5.74) is 5.59. The van der Waals surface area contributed by atoms with E-state index in [9.17, 15) is 9.59 Å². The van der Waals surface area contributed by atoms with E-state index in [0.717, 1.165) is 11.3 Å². The molecule has 39 heavy (non-hydrogen) atoms. The summed E-state index contributed by atoms with van der Waals surface area (Å²) in [7, 11) is 2.95. The van der Waals surface area contributed by atoms with Crippen molar-refractivity contribution in [2.45, 2.75) is 6.10 Å². The van der Waals surface area contributed by atoms with E-state index < -0.39 is 11.5 Å². The number of methoxy groups -OCH3 is 2. The third-order valence-electron chi connectivity index (χ3n) is 5.62. The fraction of sp³-hybridized carbons (Fsp3) is 0.292. The van der Waals surface area contributed by atoms with E-state index in [-0.39, 0.29) is 34.9 Å². The molecule has 0 spiro atoms. The van der Waals surface area contributed by atoms with Crippen molar-refractivity contribution in [3.05, 3.63) is 52.7 Å². The SMILES string of the molecule is COc1cccc(OC)c1-c1cc(C(=O)Nc2nnc(-n3nccc3N)s2)oc(=O)c1OCC1COCCO1. The maximum atomic E-state index is 13.2. The molecule has 5 rings (SSSR count). The molecular weight excluding hydrogens is 532 g/mol. The molecule has 3 aromatic heterocycles. The Morgan fingerprint density at radius 1 is 1.21 bits per heavy atom. The molecule has 1 aromatic carbocycles. The maximum Gasteiger partial charge on any atom is 0.379 e. The minimum atomic E-state index is -0.885. The lowest BCUT2D eigenvalue weighted by Gasteiger charge is -2.23. The predicted molar refractivity (Wildman–Crippen MR) is 139 cm³/mol. The molecule has 15 heteroatoms. The van der Waals surface area contributed by atoms with Crippen LogP contribution in [0.4, 0.5) is 10.9 Å². The van der Waals surface area contributed by atoms with E-state index in [1.807, 2.05) is 0 Å². The summed E-state index contributed by atoms with van der Waals surface area (Å²) >= 11 is 1.03. The lowest BCUT2D eigenvalue weighted by Crippen LogP contribution is -2.34. The highest BCUT2D eigenvalue weighted by Gasteiger charge is 2.26. The molecule has 1 aliphatic heterocycles. The smallest absolute Gasteiger partial charge is 0.379 e. The fourth-order valence-corrected chi connectivity index (χ4v) is 4.55. The molecule has 1 fully saturated rings. The minimum absolute atomic E-state index is 0.0187. The molecule has 0 saturated carbocycles. The maximum absolute atomic E-state index is 13.2. The number of carbonyl (C=O) groups excluding carboxylic acids is 1. The number of nitrogens with one attached hydrogen (secondary N) is 1. The molecule has 1 atom stereocenters. The molecule has 1 unspecified atom stereocenters. The average molecular weight is 557 g/mol. The Morgan fingerprint density at radius 3 is 2.67 bits per heavy atom. The van der Waals surface area contributed by atoms with Crippen molar-refractivity contribution in [1.82, 2.24) is 20.0 Å². The van der Waals surface area contributed by atoms with Gasteiger partial charge in [-0.3, -0.25) is 10.1 Å².